The number of carbonyl (C=O) groups is 1. The van der Waals surface area contributed by atoms with Crippen molar-refractivity contribution in [1.82, 2.24) is 5.32 Å². The van der Waals surface area contributed by atoms with E-state index in [1.165, 1.54) is 12.1 Å². The second kappa shape index (κ2) is 8.82. The first-order chi connectivity index (χ1) is 16.6. The summed E-state index contributed by atoms with van der Waals surface area (Å²) >= 11 is 0. The van der Waals surface area contributed by atoms with Gasteiger partial charge >= 0.3 is 13.3 Å². The maximum atomic E-state index is 13.2. The van der Waals surface area contributed by atoms with Crippen molar-refractivity contribution >= 4 is 34.9 Å². The lowest BCUT2D eigenvalue weighted by Crippen LogP contribution is -2.41. The number of nitrogens with one attached hydrogen (secondary N) is 1. The van der Waals surface area contributed by atoms with Crippen molar-refractivity contribution in [1.29, 1.82) is 0 Å². The van der Waals surface area contributed by atoms with Crippen LogP contribution in [0.25, 0.3) is 21.9 Å². The molecule has 0 aromatic heterocycles. The monoisotopic (exact) mass is 498 g/mol. The summed E-state index contributed by atoms with van der Waals surface area (Å²) in [6.07, 6.45) is -4.44. The lowest BCUT2D eigenvalue weighted by Gasteiger charge is -2.32. The zero-order valence-corrected chi connectivity index (χ0v) is 21.2. The van der Waals surface area contributed by atoms with Gasteiger partial charge in [0.25, 0.3) is 5.91 Å². The summed E-state index contributed by atoms with van der Waals surface area (Å²) in [5.41, 5.74) is 7.26. The molecule has 1 aliphatic heterocycles. The molecule has 1 heterocycles. The van der Waals surface area contributed by atoms with E-state index in [9.17, 15) is 18.0 Å². The van der Waals surface area contributed by atoms with Gasteiger partial charge < -0.3 is 20.4 Å². The molecule has 1 fully saturated rings. The van der Waals surface area contributed by atoms with E-state index < -0.39 is 30.1 Å². The van der Waals surface area contributed by atoms with Gasteiger partial charge in [-0.3, -0.25) is 4.79 Å². The van der Waals surface area contributed by atoms with Gasteiger partial charge in [0.2, 0.25) is 0 Å². The molecule has 0 atom stereocenters. The van der Waals surface area contributed by atoms with Crippen LogP contribution in [-0.2, 0) is 15.5 Å². The fraction of sp³-hybridized carbons (Fsp3) is 0.370. The highest BCUT2D eigenvalue weighted by Gasteiger charge is 2.52. The Morgan fingerprint density at radius 1 is 0.944 bits per heavy atom. The van der Waals surface area contributed by atoms with Crippen molar-refractivity contribution in [3.63, 3.8) is 0 Å². The molecule has 0 radical (unpaired) electrons. The molecule has 190 valence electrons. The number of nitrogen functional groups attached to an aromatic ring is 1. The van der Waals surface area contributed by atoms with Crippen LogP contribution in [0.2, 0.25) is 0 Å². The number of hydrogen-bond donors (Lipinski definition) is 2. The van der Waals surface area contributed by atoms with Gasteiger partial charge in [0.05, 0.1) is 16.8 Å². The van der Waals surface area contributed by atoms with Gasteiger partial charge in [-0.25, -0.2) is 0 Å². The number of nitrogens with two attached hydrogens (primary N) is 1. The van der Waals surface area contributed by atoms with Gasteiger partial charge in [-0.15, -0.1) is 0 Å². The summed E-state index contributed by atoms with van der Waals surface area (Å²) < 4.78 is 52.0. The van der Waals surface area contributed by atoms with Crippen LogP contribution in [-0.4, -0.2) is 30.3 Å². The number of hydrogen-bond acceptors (Lipinski definition) is 4. The zero-order valence-electron chi connectivity index (χ0n) is 21.2. The topological polar surface area (TPSA) is 73.6 Å². The van der Waals surface area contributed by atoms with Crippen LogP contribution < -0.4 is 16.5 Å². The molecule has 0 aliphatic carbocycles. The Hall–Kier alpha value is -3.04. The highest BCUT2D eigenvalue weighted by molar-refractivity contribution is 6.64. The van der Waals surface area contributed by atoms with E-state index in [-0.39, 0.29) is 11.9 Å². The van der Waals surface area contributed by atoms with E-state index in [1.54, 1.807) is 24.3 Å². The van der Waals surface area contributed by atoms with Crippen LogP contribution in [0.15, 0.2) is 48.5 Å². The first-order valence-electron chi connectivity index (χ1n) is 11.8. The van der Waals surface area contributed by atoms with Crippen molar-refractivity contribution in [3.05, 3.63) is 59.7 Å². The minimum atomic E-state index is -4.44. The van der Waals surface area contributed by atoms with Gasteiger partial charge in [-0.2, -0.15) is 13.2 Å². The average Bonchev–Trinajstić information content (AvgIpc) is 2.99. The van der Waals surface area contributed by atoms with Gasteiger partial charge in [0.15, 0.2) is 0 Å². The summed E-state index contributed by atoms with van der Waals surface area (Å²) in [5, 5.41) is 4.16. The predicted molar refractivity (Wildman–Crippen MR) is 137 cm³/mol. The van der Waals surface area contributed by atoms with Gasteiger partial charge in [-0.05, 0) is 82.3 Å². The van der Waals surface area contributed by atoms with Crippen LogP contribution in [0, 0.1) is 0 Å². The number of amides is 1. The summed E-state index contributed by atoms with van der Waals surface area (Å²) in [7, 11) is -0.791. The van der Waals surface area contributed by atoms with Crippen molar-refractivity contribution in [2.24, 2.45) is 0 Å². The smallest absolute Gasteiger partial charge is 0.399 e. The van der Waals surface area contributed by atoms with E-state index in [4.69, 9.17) is 15.0 Å². The quantitative estimate of drug-likeness (QED) is 0.366. The number of carbonyl (C=O) groups excluding carboxylic acids is 1. The highest BCUT2D eigenvalue weighted by Crippen LogP contribution is 2.39. The molecule has 0 unspecified atom stereocenters. The number of fused-ring (bicyclic) bond motifs is 1. The fourth-order valence-electron chi connectivity index (χ4n) is 4.20. The van der Waals surface area contributed by atoms with E-state index in [0.717, 1.165) is 12.1 Å². The second-order valence-electron chi connectivity index (χ2n) is 10.5. The third-order valence-corrected chi connectivity index (χ3v) is 6.92. The third-order valence-electron chi connectivity index (χ3n) is 6.92. The van der Waals surface area contributed by atoms with Crippen LogP contribution in [0.3, 0.4) is 0 Å². The highest BCUT2D eigenvalue weighted by atomic mass is 19.4. The molecule has 9 heteroatoms. The molecule has 0 saturated carbocycles. The Kier molecular flexibility index (Phi) is 6.38. The zero-order chi connectivity index (χ0) is 26.6. The van der Waals surface area contributed by atoms with E-state index in [1.807, 2.05) is 41.5 Å². The Balaban J connectivity index is 1.92. The number of halogens is 3. The standard InChI is InChI=1S/C27H30BF3N2O3/c1-15(2)33-24(34)17-9-12-19-20(16-7-10-18(11-8-16)27(29,30)31)14-22(23(32)21(19)13-17)28-35-25(3,4)26(5,6)36-28/h7-15H,32H2,1-6H3,(H,33,34). The lowest BCUT2D eigenvalue weighted by molar-refractivity contribution is -0.137. The predicted octanol–water partition coefficient (Wildman–Crippen LogP) is 5.55. The van der Waals surface area contributed by atoms with Gasteiger partial charge in [0.1, 0.15) is 0 Å². The minimum absolute atomic E-state index is 0.0515. The Labute approximate surface area is 209 Å². The van der Waals surface area contributed by atoms with Crippen molar-refractivity contribution in [2.75, 3.05) is 5.73 Å². The van der Waals surface area contributed by atoms with Crippen molar-refractivity contribution in [3.8, 4) is 11.1 Å². The Bertz CT molecular complexity index is 1300. The molecule has 0 bridgehead atoms. The van der Waals surface area contributed by atoms with Gasteiger partial charge in [-0.1, -0.05) is 24.3 Å². The fourth-order valence-corrected chi connectivity index (χ4v) is 4.20. The van der Waals surface area contributed by atoms with Crippen molar-refractivity contribution in [2.45, 2.75) is 65.0 Å². The normalized spacial score (nSPS) is 17.1. The van der Waals surface area contributed by atoms with Crippen LogP contribution in [0.5, 0.6) is 0 Å². The third kappa shape index (κ3) is 4.69. The number of alkyl halides is 3. The van der Waals surface area contributed by atoms with Gasteiger partial charge in [0, 0.05) is 28.1 Å². The molecular weight excluding hydrogens is 468 g/mol. The van der Waals surface area contributed by atoms with Crippen LogP contribution >= 0.6 is 0 Å². The molecular formula is C27H30BF3N2O3. The number of rotatable bonds is 4. The largest absolute Gasteiger partial charge is 0.497 e. The molecule has 5 nitrogen and oxygen atoms in total. The Morgan fingerprint density at radius 2 is 1.53 bits per heavy atom. The van der Waals surface area contributed by atoms with E-state index in [2.05, 4.69) is 5.32 Å². The number of benzene rings is 3. The first kappa shape index (κ1) is 26.0. The van der Waals surface area contributed by atoms with Crippen molar-refractivity contribution < 1.29 is 27.3 Å². The molecule has 1 saturated heterocycles. The molecule has 3 N–H and O–H groups in total. The van der Waals surface area contributed by atoms with E-state index >= 15 is 0 Å². The molecule has 3 aromatic rings. The summed E-state index contributed by atoms with van der Waals surface area (Å²) in [4.78, 5) is 12.7. The second-order valence-corrected chi connectivity index (χ2v) is 10.5. The molecule has 3 aromatic carbocycles. The maximum absolute atomic E-state index is 13.2. The summed E-state index contributed by atoms with van der Waals surface area (Å²) in [6, 6.07) is 11.9. The number of anilines is 1. The Morgan fingerprint density at radius 3 is 2.06 bits per heavy atom. The first-order valence-corrected chi connectivity index (χ1v) is 11.8. The maximum Gasteiger partial charge on any atom is 0.497 e. The molecule has 4 rings (SSSR count). The average molecular weight is 498 g/mol. The SMILES string of the molecule is CC(C)NC(=O)c1ccc2c(-c3ccc(C(F)(F)F)cc3)cc(B3OC(C)(C)C(C)(C)O3)c(N)c2c1. The molecule has 1 aliphatic rings. The van der Waals surface area contributed by atoms with Crippen LogP contribution in [0.4, 0.5) is 18.9 Å². The summed E-state index contributed by atoms with van der Waals surface area (Å²) in [5.74, 6) is -0.247. The van der Waals surface area contributed by atoms with E-state index in [0.29, 0.717) is 38.6 Å². The summed E-state index contributed by atoms with van der Waals surface area (Å²) in [6.45, 7) is 11.4. The van der Waals surface area contributed by atoms with Crippen LogP contribution in [0.1, 0.15) is 57.5 Å². The molecule has 0 spiro atoms. The lowest BCUT2D eigenvalue weighted by atomic mass is 9.74. The molecule has 1 amide bonds. The molecule has 36 heavy (non-hydrogen) atoms. The minimum Gasteiger partial charge on any atom is -0.399 e.